The van der Waals surface area contributed by atoms with Crippen LogP contribution in [0.25, 0.3) is 0 Å². The number of hydrogen-bond donors (Lipinski definition) is 2. The van der Waals surface area contributed by atoms with Gasteiger partial charge in [0.2, 0.25) is 0 Å². The lowest BCUT2D eigenvalue weighted by Gasteiger charge is -2.06. The van der Waals surface area contributed by atoms with E-state index >= 15 is 0 Å². The fraction of sp³-hybridized carbons (Fsp3) is 0.125. The molecule has 3 rings (SSSR count). The summed E-state index contributed by atoms with van der Waals surface area (Å²) in [6, 6.07) is 19.0. The van der Waals surface area contributed by atoms with Gasteiger partial charge in [-0.3, -0.25) is 5.10 Å². The molecular formula is C16H16N4O. The minimum atomic E-state index is -0.340. The van der Waals surface area contributed by atoms with Crippen LogP contribution in [0.2, 0.25) is 0 Å². The van der Waals surface area contributed by atoms with Gasteiger partial charge in [-0.15, -0.1) is 0 Å². The molecule has 1 unspecified atom stereocenters. The SMILES string of the molecule is NC(c1ccccc1)c1n[nH]c(COc2ccccc2)n1. The highest BCUT2D eigenvalue weighted by Gasteiger charge is 2.14. The van der Waals surface area contributed by atoms with Crippen LogP contribution in [0.15, 0.2) is 60.7 Å². The number of nitrogens with one attached hydrogen (secondary N) is 1. The van der Waals surface area contributed by atoms with Gasteiger partial charge < -0.3 is 10.5 Å². The molecule has 0 spiro atoms. The average Bonchev–Trinajstić information content (AvgIpc) is 3.03. The van der Waals surface area contributed by atoms with Crippen molar-refractivity contribution < 1.29 is 4.74 Å². The number of rotatable bonds is 5. The van der Waals surface area contributed by atoms with Gasteiger partial charge in [0.15, 0.2) is 11.6 Å². The van der Waals surface area contributed by atoms with Crippen molar-refractivity contribution in [1.29, 1.82) is 0 Å². The standard InChI is InChI=1S/C16H16N4O/c17-15(12-7-3-1-4-8-12)16-18-14(19-20-16)11-21-13-9-5-2-6-10-13/h1-10,15H,11,17H2,(H,18,19,20). The first-order chi connectivity index (χ1) is 10.3. The topological polar surface area (TPSA) is 76.8 Å². The van der Waals surface area contributed by atoms with Crippen LogP contribution in [0.4, 0.5) is 0 Å². The first-order valence-corrected chi connectivity index (χ1v) is 6.72. The molecule has 2 aromatic carbocycles. The van der Waals surface area contributed by atoms with Gasteiger partial charge in [-0.25, -0.2) is 4.98 Å². The lowest BCUT2D eigenvalue weighted by molar-refractivity contribution is 0.296. The molecule has 1 heterocycles. The van der Waals surface area contributed by atoms with Crippen molar-refractivity contribution >= 4 is 0 Å². The lowest BCUT2D eigenvalue weighted by Crippen LogP contribution is -2.13. The van der Waals surface area contributed by atoms with Gasteiger partial charge in [-0.05, 0) is 17.7 Å². The van der Waals surface area contributed by atoms with Gasteiger partial charge in [-0.2, -0.15) is 5.10 Å². The van der Waals surface area contributed by atoms with E-state index in [1.807, 2.05) is 60.7 Å². The van der Waals surface area contributed by atoms with E-state index in [1.165, 1.54) is 0 Å². The third-order valence-electron chi connectivity index (χ3n) is 3.10. The van der Waals surface area contributed by atoms with Crippen LogP contribution >= 0.6 is 0 Å². The summed E-state index contributed by atoms with van der Waals surface area (Å²) in [5, 5.41) is 7.02. The van der Waals surface area contributed by atoms with E-state index in [4.69, 9.17) is 10.5 Å². The molecular weight excluding hydrogens is 264 g/mol. The highest BCUT2D eigenvalue weighted by atomic mass is 16.5. The summed E-state index contributed by atoms with van der Waals surface area (Å²) in [5.74, 6) is 2.01. The number of aromatic amines is 1. The predicted molar refractivity (Wildman–Crippen MR) is 79.6 cm³/mol. The molecule has 0 bridgehead atoms. The number of para-hydroxylation sites is 1. The summed E-state index contributed by atoms with van der Waals surface area (Å²) in [4.78, 5) is 4.38. The molecule has 5 nitrogen and oxygen atoms in total. The molecule has 106 valence electrons. The first-order valence-electron chi connectivity index (χ1n) is 6.72. The number of hydrogen-bond acceptors (Lipinski definition) is 4. The molecule has 1 aromatic heterocycles. The minimum absolute atomic E-state index is 0.332. The Morgan fingerprint density at radius 1 is 1.00 bits per heavy atom. The average molecular weight is 280 g/mol. The van der Waals surface area contributed by atoms with Gasteiger partial charge in [0, 0.05) is 0 Å². The van der Waals surface area contributed by atoms with Crippen molar-refractivity contribution in [1.82, 2.24) is 15.2 Å². The Kier molecular flexibility index (Phi) is 3.93. The Hall–Kier alpha value is -2.66. The second-order valence-electron chi connectivity index (χ2n) is 4.63. The highest BCUT2D eigenvalue weighted by molar-refractivity contribution is 5.24. The second kappa shape index (κ2) is 6.19. The fourth-order valence-electron chi connectivity index (χ4n) is 1.99. The Morgan fingerprint density at radius 2 is 1.67 bits per heavy atom. The summed E-state index contributed by atoms with van der Waals surface area (Å²) in [5.41, 5.74) is 7.13. The van der Waals surface area contributed by atoms with Crippen LogP contribution in [0, 0.1) is 0 Å². The van der Waals surface area contributed by atoms with Crippen LogP contribution in [0.3, 0.4) is 0 Å². The molecule has 0 saturated heterocycles. The highest BCUT2D eigenvalue weighted by Crippen LogP contribution is 2.16. The Balaban J connectivity index is 1.66. The van der Waals surface area contributed by atoms with Gasteiger partial charge in [0.05, 0.1) is 6.04 Å². The molecule has 3 aromatic rings. The minimum Gasteiger partial charge on any atom is -0.486 e. The van der Waals surface area contributed by atoms with E-state index in [0.717, 1.165) is 11.3 Å². The number of ether oxygens (including phenoxy) is 1. The molecule has 3 N–H and O–H groups in total. The Labute approximate surface area is 122 Å². The normalized spacial score (nSPS) is 12.0. The van der Waals surface area contributed by atoms with Gasteiger partial charge in [0.1, 0.15) is 12.4 Å². The van der Waals surface area contributed by atoms with Gasteiger partial charge in [0.25, 0.3) is 0 Å². The van der Waals surface area contributed by atoms with E-state index < -0.39 is 0 Å². The molecule has 1 atom stereocenters. The third-order valence-corrected chi connectivity index (χ3v) is 3.10. The smallest absolute Gasteiger partial charge is 0.172 e. The summed E-state index contributed by atoms with van der Waals surface area (Å²) in [7, 11) is 0. The van der Waals surface area contributed by atoms with Gasteiger partial charge >= 0.3 is 0 Å². The van der Waals surface area contributed by atoms with E-state index in [2.05, 4.69) is 15.2 Å². The maximum Gasteiger partial charge on any atom is 0.172 e. The maximum absolute atomic E-state index is 6.15. The molecule has 0 aliphatic carbocycles. The van der Waals surface area contributed by atoms with Crippen LogP contribution in [0.1, 0.15) is 23.3 Å². The van der Waals surface area contributed by atoms with Gasteiger partial charge in [-0.1, -0.05) is 48.5 Å². The maximum atomic E-state index is 6.15. The van der Waals surface area contributed by atoms with Crippen LogP contribution in [0.5, 0.6) is 5.75 Å². The van der Waals surface area contributed by atoms with Crippen molar-refractivity contribution in [2.24, 2.45) is 5.73 Å². The third kappa shape index (κ3) is 3.27. The predicted octanol–water partition coefficient (Wildman–Crippen LogP) is 2.43. The van der Waals surface area contributed by atoms with Crippen molar-refractivity contribution in [2.75, 3.05) is 0 Å². The molecule has 0 amide bonds. The van der Waals surface area contributed by atoms with E-state index in [9.17, 15) is 0 Å². The van der Waals surface area contributed by atoms with Crippen LogP contribution in [-0.2, 0) is 6.61 Å². The van der Waals surface area contributed by atoms with Crippen LogP contribution in [-0.4, -0.2) is 15.2 Å². The summed E-state index contributed by atoms with van der Waals surface area (Å²) in [6.07, 6.45) is 0. The zero-order valence-corrected chi connectivity index (χ0v) is 11.4. The van der Waals surface area contributed by atoms with E-state index in [1.54, 1.807) is 0 Å². The quantitative estimate of drug-likeness (QED) is 0.752. The van der Waals surface area contributed by atoms with Crippen molar-refractivity contribution in [3.8, 4) is 5.75 Å². The second-order valence-corrected chi connectivity index (χ2v) is 4.63. The van der Waals surface area contributed by atoms with Crippen LogP contribution < -0.4 is 10.5 Å². The molecule has 0 aliphatic rings. The number of nitrogens with two attached hydrogens (primary N) is 1. The van der Waals surface area contributed by atoms with E-state index in [-0.39, 0.29) is 6.04 Å². The molecule has 0 saturated carbocycles. The largest absolute Gasteiger partial charge is 0.486 e. The Morgan fingerprint density at radius 3 is 2.38 bits per heavy atom. The zero-order chi connectivity index (χ0) is 14.5. The fourth-order valence-corrected chi connectivity index (χ4v) is 1.99. The summed E-state index contributed by atoms with van der Waals surface area (Å²) < 4.78 is 5.62. The molecule has 0 radical (unpaired) electrons. The molecule has 5 heteroatoms. The Bertz CT molecular complexity index is 682. The first kappa shape index (κ1) is 13.3. The molecule has 21 heavy (non-hydrogen) atoms. The van der Waals surface area contributed by atoms with Crippen molar-refractivity contribution in [3.05, 3.63) is 77.9 Å². The number of benzene rings is 2. The van der Waals surface area contributed by atoms with Crippen molar-refractivity contribution in [3.63, 3.8) is 0 Å². The summed E-state index contributed by atoms with van der Waals surface area (Å²) in [6.45, 7) is 0.332. The monoisotopic (exact) mass is 280 g/mol. The molecule has 0 fully saturated rings. The lowest BCUT2D eigenvalue weighted by atomic mass is 10.1. The number of aromatic nitrogens is 3. The summed E-state index contributed by atoms with van der Waals surface area (Å²) >= 11 is 0. The van der Waals surface area contributed by atoms with E-state index in [0.29, 0.717) is 18.3 Å². The zero-order valence-electron chi connectivity index (χ0n) is 11.4. The number of nitrogens with zero attached hydrogens (tertiary/aromatic N) is 2. The molecule has 0 aliphatic heterocycles. The number of H-pyrrole nitrogens is 1. The van der Waals surface area contributed by atoms with Crippen molar-refractivity contribution in [2.45, 2.75) is 12.6 Å².